The van der Waals surface area contributed by atoms with Gasteiger partial charge in [-0.25, -0.2) is 0 Å². The quantitative estimate of drug-likeness (QED) is 0.510. The van der Waals surface area contributed by atoms with Crippen LogP contribution in [-0.4, -0.2) is 8.76 Å². The maximum atomic E-state index is 10.3. The van der Waals surface area contributed by atoms with E-state index >= 15 is 0 Å². The number of thiophene rings is 1. The first-order chi connectivity index (χ1) is 4.61. The summed E-state index contributed by atoms with van der Waals surface area (Å²) in [4.78, 5) is 0.151. The van der Waals surface area contributed by atoms with Crippen LogP contribution in [0, 0.1) is 0 Å². The first kappa shape index (κ1) is 12.6. The summed E-state index contributed by atoms with van der Waals surface area (Å²) in [5.74, 6) is 0. The van der Waals surface area contributed by atoms with Crippen LogP contribution in [0.15, 0.2) is 14.7 Å². The zero-order chi connectivity index (χ0) is 7.72. The van der Waals surface area contributed by atoms with Crippen LogP contribution in [0.2, 0.25) is 4.34 Å². The smallest absolute Gasteiger partial charge is 0.768 e. The Morgan fingerprint density at radius 2 is 2.27 bits per heavy atom. The van der Waals surface area contributed by atoms with E-state index in [1.807, 2.05) is 0 Å². The van der Waals surface area contributed by atoms with E-state index in [1.54, 1.807) is 0 Å². The first-order valence-electron chi connectivity index (χ1n) is 2.15. The Kier molecular flexibility index (Phi) is 6.11. The Hall–Kier alpha value is 1.58. The molecular weight excluding hydrogens is 283 g/mol. The zero-order valence-corrected chi connectivity index (χ0v) is 11.4. The van der Waals surface area contributed by atoms with Gasteiger partial charge in [0.2, 0.25) is 0 Å². The molecule has 1 aromatic heterocycles. The molecule has 0 fully saturated rings. The third-order valence-corrected chi connectivity index (χ3v) is 3.59. The molecule has 11 heavy (non-hydrogen) atoms. The molecule has 1 aromatic rings. The fraction of sp³-hybridized carbons (Fsp3) is 0. The van der Waals surface area contributed by atoms with Gasteiger partial charge >= 0.3 is 29.6 Å². The fourth-order valence-corrected chi connectivity index (χ4v) is 3.33. The van der Waals surface area contributed by atoms with Crippen molar-refractivity contribution in [1.29, 1.82) is 0 Å². The molecule has 0 aliphatic carbocycles. The van der Waals surface area contributed by atoms with Gasteiger partial charge in [0.05, 0.1) is 8.68 Å². The molecule has 56 valence electrons. The van der Waals surface area contributed by atoms with E-state index in [0.717, 1.165) is 3.79 Å². The molecule has 0 N–H and O–H groups in total. The van der Waals surface area contributed by atoms with Gasteiger partial charge in [-0.3, -0.25) is 4.21 Å². The first-order valence-corrected chi connectivity index (χ1v) is 5.21. The van der Waals surface area contributed by atoms with Gasteiger partial charge < -0.3 is 4.55 Å². The minimum atomic E-state index is -2.22. The van der Waals surface area contributed by atoms with E-state index in [1.165, 1.54) is 17.4 Å². The molecule has 1 unspecified atom stereocenters. The Labute approximate surface area is 106 Å². The van der Waals surface area contributed by atoms with Gasteiger partial charge in [0.1, 0.15) is 4.34 Å². The Bertz CT molecular complexity index is 277. The van der Waals surface area contributed by atoms with Crippen LogP contribution in [0.3, 0.4) is 0 Å². The Morgan fingerprint density at radius 3 is 2.45 bits per heavy atom. The summed E-state index contributed by atoms with van der Waals surface area (Å²) in [5, 5.41) is 0. The van der Waals surface area contributed by atoms with Gasteiger partial charge in [-0.2, -0.15) is 0 Å². The van der Waals surface area contributed by atoms with Crippen LogP contribution in [0.25, 0.3) is 0 Å². The predicted molar refractivity (Wildman–Crippen MR) is 44.2 cm³/mol. The van der Waals surface area contributed by atoms with Crippen molar-refractivity contribution >= 4 is 49.9 Å². The molecule has 0 saturated carbocycles. The maximum absolute atomic E-state index is 10.3. The average Bonchev–Trinajstić information content (AvgIpc) is 2.10. The minimum absolute atomic E-state index is 0. The van der Waals surface area contributed by atoms with Crippen molar-refractivity contribution in [1.82, 2.24) is 0 Å². The molecule has 1 atom stereocenters. The van der Waals surface area contributed by atoms with Gasteiger partial charge in [0.15, 0.2) is 0 Å². The summed E-state index contributed by atoms with van der Waals surface area (Å²) in [6, 6.07) is 1.47. The van der Waals surface area contributed by atoms with E-state index in [9.17, 15) is 8.76 Å². The molecular formula is C4HBrClNaO2S2. The van der Waals surface area contributed by atoms with Gasteiger partial charge in [-0.1, -0.05) is 11.6 Å². The van der Waals surface area contributed by atoms with E-state index in [2.05, 4.69) is 15.9 Å². The molecule has 0 aromatic carbocycles. The second-order valence-electron chi connectivity index (χ2n) is 1.42. The molecule has 0 bridgehead atoms. The molecule has 1 heterocycles. The van der Waals surface area contributed by atoms with Gasteiger partial charge in [0.25, 0.3) is 0 Å². The van der Waals surface area contributed by atoms with Crippen molar-refractivity contribution in [2.45, 2.75) is 4.90 Å². The summed E-state index contributed by atoms with van der Waals surface area (Å²) in [7, 11) is 0. The van der Waals surface area contributed by atoms with E-state index in [0.29, 0.717) is 4.34 Å². The molecule has 2 nitrogen and oxygen atoms in total. The van der Waals surface area contributed by atoms with Crippen LogP contribution < -0.4 is 29.6 Å². The molecule has 0 spiro atoms. The standard InChI is InChI=1S/C4H2BrClO2S2.Na/c5-3-1-2(10(7)8)4(6)9-3;/h1H,(H,7,8);/q;+1/p-1. The molecule has 0 radical (unpaired) electrons. The molecule has 0 saturated heterocycles. The van der Waals surface area contributed by atoms with Gasteiger partial charge in [-0.15, -0.1) is 11.3 Å². The molecule has 1 rings (SSSR count). The van der Waals surface area contributed by atoms with Crippen molar-refractivity contribution in [2.24, 2.45) is 0 Å². The minimum Gasteiger partial charge on any atom is -0.768 e. The Morgan fingerprint density at radius 1 is 1.73 bits per heavy atom. The number of hydrogen-bond acceptors (Lipinski definition) is 3. The number of hydrogen-bond donors (Lipinski definition) is 0. The van der Waals surface area contributed by atoms with Crippen LogP contribution in [0.4, 0.5) is 0 Å². The maximum Gasteiger partial charge on any atom is 1.00 e. The fourth-order valence-electron chi connectivity index (χ4n) is 0.439. The largest absolute Gasteiger partial charge is 1.00 e. The van der Waals surface area contributed by atoms with Crippen LogP contribution in [0.1, 0.15) is 0 Å². The Balaban J connectivity index is 0.000001000. The third-order valence-electron chi connectivity index (χ3n) is 0.805. The normalized spacial score (nSPS) is 12.3. The average molecular weight is 284 g/mol. The summed E-state index contributed by atoms with van der Waals surface area (Å²) in [5.41, 5.74) is 0. The monoisotopic (exact) mass is 282 g/mol. The number of halogens is 2. The second kappa shape index (κ2) is 5.34. The SMILES string of the molecule is O=S([O-])c1cc(Br)sc1Cl.[Na+]. The van der Waals surface area contributed by atoms with Crippen LogP contribution >= 0.6 is 38.9 Å². The summed E-state index contributed by atoms with van der Waals surface area (Å²) >= 11 is 7.61. The van der Waals surface area contributed by atoms with Crippen LogP contribution in [-0.2, 0) is 11.1 Å². The van der Waals surface area contributed by atoms with E-state index in [4.69, 9.17) is 11.6 Å². The summed E-state index contributed by atoms with van der Waals surface area (Å²) in [6.45, 7) is 0. The van der Waals surface area contributed by atoms with E-state index in [-0.39, 0.29) is 34.5 Å². The van der Waals surface area contributed by atoms with Crippen molar-refractivity contribution in [3.8, 4) is 0 Å². The topological polar surface area (TPSA) is 40.1 Å². The van der Waals surface area contributed by atoms with Gasteiger partial charge in [-0.05, 0) is 33.1 Å². The van der Waals surface area contributed by atoms with Crippen molar-refractivity contribution in [3.63, 3.8) is 0 Å². The van der Waals surface area contributed by atoms with E-state index < -0.39 is 11.1 Å². The molecule has 7 heteroatoms. The van der Waals surface area contributed by atoms with Crippen molar-refractivity contribution < 1.29 is 38.3 Å². The summed E-state index contributed by atoms with van der Waals surface area (Å²) in [6.07, 6.45) is 0. The zero-order valence-electron chi connectivity index (χ0n) is 5.47. The summed E-state index contributed by atoms with van der Waals surface area (Å²) < 4.78 is 21.7. The number of rotatable bonds is 1. The van der Waals surface area contributed by atoms with Crippen molar-refractivity contribution in [3.05, 3.63) is 14.2 Å². The molecule has 0 aliphatic heterocycles. The third kappa shape index (κ3) is 3.44. The van der Waals surface area contributed by atoms with Crippen LogP contribution in [0.5, 0.6) is 0 Å². The van der Waals surface area contributed by atoms with Crippen molar-refractivity contribution in [2.75, 3.05) is 0 Å². The molecule has 0 aliphatic rings. The predicted octanol–water partition coefficient (Wildman–Crippen LogP) is -0.594. The second-order valence-corrected chi connectivity index (χ2v) is 5.37. The molecule has 0 amide bonds. The van der Waals surface area contributed by atoms with Gasteiger partial charge in [0, 0.05) is 0 Å².